The van der Waals surface area contributed by atoms with E-state index in [2.05, 4.69) is 39.8 Å². The van der Waals surface area contributed by atoms with E-state index in [1.165, 1.54) is 6.42 Å². The lowest BCUT2D eigenvalue weighted by molar-refractivity contribution is -0.118. The Kier molecular flexibility index (Phi) is 5.36. The second kappa shape index (κ2) is 7.24. The minimum Gasteiger partial charge on any atom is -0.360 e. The van der Waals surface area contributed by atoms with Crippen LogP contribution in [-0.4, -0.2) is 61.0 Å². The van der Waals surface area contributed by atoms with Crippen LogP contribution >= 0.6 is 0 Å². The molecule has 0 aromatic carbocycles. The number of anilines is 2. The van der Waals surface area contributed by atoms with Gasteiger partial charge in [-0.2, -0.15) is 0 Å². The van der Waals surface area contributed by atoms with Gasteiger partial charge in [0.15, 0.2) is 0 Å². The van der Waals surface area contributed by atoms with Crippen molar-refractivity contribution in [1.82, 2.24) is 14.9 Å². The largest absolute Gasteiger partial charge is 0.360 e. The summed E-state index contributed by atoms with van der Waals surface area (Å²) in [6.07, 6.45) is 3.26. The number of unbranched alkanes of at least 4 members (excludes halogenated alkanes) is 1. The van der Waals surface area contributed by atoms with E-state index in [9.17, 15) is 4.79 Å². The van der Waals surface area contributed by atoms with Gasteiger partial charge < -0.3 is 14.7 Å². The Bertz CT molecular complexity index is 471. The zero-order valence-corrected chi connectivity index (χ0v) is 13.2. The van der Waals surface area contributed by atoms with Crippen LogP contribution < -0.4 is 9.80 Å². The number of carbonyl (C=O) groups is 1. The van der Waals surface area contributed by atoms with E-state index in [1.807, 2.05) is 6.92 Å². The van der Waals surface area contributed by atoms with Gasteiger partial charge in [0.05, 0.1) is 0 Å². The molecule has 1 fully saturated rings. The van der Waals surface area contributed by atoms with E-state index in [1.54, 1.807) is 4.90 Å². The van der Waals surface area contributed by atoms with Gasteiger partial charge in [-0.05, 0) is 13.3 Å². The maximum absolute atomic E-state index is 10.8. The molecule has 1 aromatic rings. The maximum Gasteiger partial charge on any atom is 0.209 e. The third-order valence-corrected chi connectivity index (χ3v) is 3.84. The highest BCUT2D eigenvalue weighted by Gasteiger charge is 2.18. The highest BCUT2D eigenvalue weighted by molar-refractivity contribution is 5.52. The van der Waals surface area contributed by atoms with Crippen molar-refractivity contribution in [2.45, 2.75) is 26.7 Å². The zero-order valence-electron chi connectivity index (χ0n) is 13.2. The van der Waals surface area contributed by atoms with Crippen molar-refractivity contribution < 1.29 is 4.79 Å². The first-order chi connectivity index (χ1) is 10.1. The Labute approximate surface area is 126 Å². The Balaban J connectivity index is 2.09. The minimum absolute atomic E-state index is 0.757. The molecule has 0 N–H and O–H groups in total. The predicted molar refractivity (Wildman–Crippen MR) is 84.8 cm³/mol. The number of aromatic nitrogens is 2. The van der Waals surface area contributed by atoms with E-state index >= 15 is 0 Å². The number of hydrogen-bond acceptors (Lipinski definition) is 5. The summed E-state index contributed by atoms with van der Waals surface area (Å²) in [6.45, 7) is 8.30. The van der Waals surface area contributed by atoms with Gasteiger partial charge in [-0.25, -0.2) is 9.97 Å². The Hall–Kier alpha value is -1.85. The third kappa shape index (κ3) is 4.06. The van der Waals surface area contributed by atoms with Gasteiger partial charge in [-0.1, -0.05) is 13.3 Å². The molecule has 0 spiro atoms. The first kappa shape index (κ1) is 15.5. The van der Waals surface area contributed by atoms with Crippen molar-refractivity contribution in [3.8, 4) is 0 Å². The molecule has 2 rings (SSSR count). The van der Waals surface area contributed by atoms with Crippen LogP contribution in [0.3, 0.4) is 0 Å². The first-order valence-electron chi connectivity index (χ1n) is 7.65. The molecule has 0 unspecified atom stereocenters. The fraction of sp³-hybridized carbons (Fsp3) is 0.667. The Morgan fingerprint density at radius 2 is 2.00 bits per heavy atom. The smallest absolute Gasteiger partial charge is 0.209 e. The standard InChI is InChI=1S/C15H25N5O/c1-4-5-6-18(3)14-11-15(17-13(2)16-14)20-9-7-19(12-21)8-10-20/h11-12H,4-10H2,1-3H3. The summed E-state index contributed by atoms with van der Waals surface area (Å²) >= 11 is 0. The van der Waals surface area contributed by atoms with Crippen LogP contribution in [0.15, 0.2) is 6.07 Å². The number of rotatable bonds is 6. The molecular formula is C15H25N5O. The Morgan fingerprint density at radius 1 is 1.29 bits per heavy atom. The lowest BCUT2D eigenvalue weighted by Crippen LogP contribution is -2.46. The third-order valence-electron chi connectivity index (χ3n) is 3.84. The number of hydrogen-bond donors (Lipinski definition) is 0. The van der Waals surface area contributed by atoms with E-state index in [0.717, 1.165) is 63.0 Å². The molecule has 0 saturated carbocycles. The molecule has 21 heavy (non-hydrogen) atoms. The van der Waals surface area contributed by atoms with Gasteiger partial charge in [0.2, 0.25) is 6.41 Å². The van der Waals surface area contributed by atoms with E-state index < -0.39 is 0 Å². The molecule has 1 aliphatic heterocycles. The topological polar surface area (TPSA) is 52.6 Å². The summed E-state index contributed by atoms with van der Waals surface area (Å²) < 4.78 is 0. The molecule has 116 valence electrons. The normalized spacial score (nSPS) is 15.2. The molecular weight excluding hydrogens is 266 g/mol. The monoisotopic (exact) mass is 291 g/mol. The molecule has 0 atom stereocenters. The molecule has 2 heterocycles. The fourth-order valence-electron chi connectivity index (χ4n) is 2.46. The highest BCUT2D eigenvalue weighted by atomic mass is 16.1. The van der Waals surface area contributed by atoms with Crippen molar-refractivity contribution in [1.29, 1.82) is 0 Å². The molecule has 1 aromatic heterocycles. The quantitative estimate of drug-likeness (QED) is 0.740. The second-order valence-electron chi connectivity index (χ2n) is 5.54. The summed E-state index contributed by atoms with van der Waals surface area (Å²) in [6, 6.07) is 2.05. The first-order valence-corrected chi connectivity index (χ1v) is 7.65. The molecule has 6 heteroatoms. The van der Waals surface area contributed by atoms with E-state index in [0.29, 0.717) is 0 Å². The molecule has 0 radical (unpaired) electrons. The van der Waals surface area contributed by atoms with Crippen molar-refractivity contribution in [2.75, 3.05) is 49.6 Å². The van der Waals surface area contributed by atoms with Crippen LogP contribution in [0.2, 0.25) is 0 Å². The minimum atomic E-state index is 0.757. The summed E-state index contributed by atoms with van der Waals surface area (Å²) in [5.41, 5.74) is 0. The van der Waals surface area contributed by atoms with Crippen molar-refractivity contribution >= 4 is 18.0 Å². The van der Waals surface area contributed by atoms with Crippen LogP contribution in [0.5, 0.6) is 0 Å². The average molecular weight is 291 g/mol. The maximum atomic E-state index is 10.8. The van der Waals surface area contributed by atoms with Crippen LogP contribution in [0.1, 0.15) is 25.6 Å². The molecule has 1 aliphatic rings. The second-order valence-corrected chi connectivity index (χ2v) is 5.54. The summed E-state index contributed by atoms with van der Waals surface area (Å²) in [4.78, 5) is 26.1. The van der Waals surface area contributed by atoms with Crippen molar-refractivity contribution in [3.63, 3.8) is 0 Å². The molecule has 6 nitrogen and oxygen atoms in total. The summed E-state index contributed by atoms with van der Waals surface area (Å²) in [5, 5.41) is 0. The number of carbonyl (C=O) groups excluding carboxylic acids is 1. The van der Waals surface area contributed by atoms with Gasteiger partial charge in [0, 0.05) is 45.8 Å². The highest BCUT2D eigenvalue weighted by Crippen LogP contribution is 2.19. The van der Waals surface area contributed by atoms with Gasteiger partial charge in [0.1, 0.15) is 17.5 Å². The predicted octanol–water partition coefficient (Wildman–Crippen LogP) is 1.30. The van der Waals surface area contributed by atoms with Gasteiger partial charge in [0.25, 0.3) is 0 Å². The van der Waals surface area contributed by atoms with E-state index in [-0.39, 0.29) is 0 Å². The number of amides is 1. The number of piperazine rings is 1. The van der Waals surface area contributed by atoms with Crippen LogP contribution in [0, 0.1) is 6.92 Å². The Morgan fingerprint density at radius 3 is 2.62 bits per heavy atom. The molecule has 0 bridgehead atoms. The molecule has 0 aliphatic carbocycles. The lowest BCUT2D eigenvalue weighted by atomic mass is 10.3. The van der Waals surface area contributed by atoms with Crippen molar-refractivity contribution in [3.05, 3.63) is 11.9 Å². The average Bonchev–Trinajstić information content (AvgIpc) is 2.52. The molecule has 1 saturated heterocycles. The SMILES string of the molecule is CCCCN(C)c1cc(N2CCN(C=O)CC2)nc(C)n1. The van der Waals surface area contributed by atoms with Crippen LogP contribution in [0.4, 0.5) is 11.6 Å². The summed E-state index contributed by atoms with van der Waals surface area (Å²) in [5.74, 6) is 2.74. The van der Waals surface area contributed by atoms with Gasteiger partial charge >= 0.3 is 0 Å². The van der Waals surface area contributed by atoms with Gasteiger partial charge in [-0.3, -0.25) is 4.79 Å². The lowest BCUT2D eigenvalue weighted by Gasteiger charge is -2.33. The van der Waals surface area contributed by atoms with E-state index in [4.69, 9.17) is 0 Å². The zero-order chi connectivity index (χ0) is 15.2. The van der Waals surface area contributed by atoms with Crippen LogP contribution in [-0.2, 0) is 4.79 Å². The number of aryl methyl sites for hydroxylation is 1. The van der Waals surface area contributed by atoms with Gasteiger partial charge in [-0.15, -0.1) is 0 Å². The molecule has 1 amide bonds. The van der Waals surface area contributed by atoms with Crippen LogP contribution in [0.25, 0.3) is 0 Å². The fourth-order valence-corrected chi connectivity index (χ4v) is 2.46. The number of nitrogens with zero attached hydrogens (tertiary/aromatic N) is 5. The summed E-state index contributed by atoms with van der Waals surface area (Å²) in [7, 11) is 2.07. The van der Waals surface area contributed by atoms with Crippen molar-refractivity contribution in [2.24, 2.45) is 0 Å².